The van der Waals surface area contributed by atoms with Crippen LogP contribution in [-0.4, -0.2) is 13.5 Å². The minimum atomic E-state index is -1.91. The molecule has 1 aromatic carbocycles. The fourth-order valence-electron chi connectivity index (χ4n) is 1.49. The zero-order valence-corrected chi connectivity index (χ0v) is 12.2. The Bertz CT molecular complexity index is 399. The zero-order chi connectivity index (χ0) is 12.6. The molecule has 1 aromatic rings. The number of hydrogen-bond donors (Lipinski definition) is 0. The molecule has 16 heavy (non-hydrogen) atoms. The van der Waals surface area contributed by atoms with E-state index in [0.717, 1.165) is 11.1 Å². The van der Waals surface area contributed by atoms with E-state index in [1.165, 1.54) is 0 Å². The summed E-state index contributed by atoms with van der Waals surface area (Å²) in [5.74, 6) is 0. The quantitative estimate of drug-likeness (QED) is 0.700. The number of aryl methyl sites for hydroxylation is 1. The molecule has 0 spiro atoms. The molecule has 2 heteroatoms. The van der Waals surface area contributed by atoms with Gasteiger partial charge in [-0.15, -0.1) is 0 Å². The summed E-state index contributed by atoms with van der Waals surface area (Å²) in [7, 11) is -1.91. The number of hydrogen-bond acceptors (Lipinski definition) is 1. The molecule has 1 nitrogen and oxygen atoms in total. The summed E-state index contributed by atoms with van der Waals surface area (Å²) < 4.78 is 0. The van der Waals surface area contributed by atoms with Gasteiger partial charge in [-0.25, -0.2) is 0 Å². The van der Waals surface area contributed by atoms with Crippen molar-refractivity contribution in [2.75, 3.05) is 0 Å². The van der Waals surface area contributed by atoms with Crippen LogP contribution < -0.4 is 0 Å². The summed E-state index contributed by atoms with van der Waals surface area (Å²) in [5, 5.41) is 0.470. The summed E-state index contributed by atoms with van der Waals surface area (Å²) in [6.45, 7) is 12.9. The normalized spacial score (nSPS) is 12.6. The predicted molar refractivity (Wildman–Crippen MR) is 72.7 cm³/mol. The Morgan fingerprint density at radius 3 is 2.19 bits per heavy atom. The van der Waals surface area contributed by atoms with Crippen LogP contribution in [0.4, 0.5) is 0 Å². The Hall–Kier alpha value is -0.893. The molecule has 0 fully saturated rings. The van der Waals surface area contributed by atoms with Gasteiger partial charge in [0, 0.05) is 5.56 Å². The Labute approximate surface area is 99.9 Å². The van der Waals surface area contributed by atoms with E-state index in [4.69, 9.17) is 0 Å². The van der Waals surface area contributed by atoms with Crippen molar-refractivity contribution in [2.24, 2.45) is 0 Å². The van der Waals surface area contributed by atoms with E-state index in [1.54, 1.807) is 0 Å². The topological polar surface area (TPSA) is 17.1 Å². The number of carbonyl (C=O) groups excluding carboxylic acids is 1. The minimum Gasteiger partial charge on any atom is -0.300 e. The van der Waals surface area contributed by atoms with Gasteiger partial charge in [-0.05, 0) is 18.0 Å². The highest BCUT2D eigenvalue weighted by molar-refractivity contribution is 7.08. The summed E-state index contributed by atoms with van der Waals surface area (Å²) in [5.41, 5.74) is 2.04. The summed E-state index contributed by atoms with van der Waals surface area (Å²) in [6, 6.07) is 7.94. The number of benzene rings is 1. The Balaban J connectivity index is 3.12. The lowest BCUT2D eigenvalue weighted by Crippen LogP contribution is -2.46. The van der Waals surface area contributed by atoms with Gasteiger partial charge in [-0.3, -0.25) is 0 Å². The highest BCUT2D eigenvalue weighted by Crippen LogP contribution is 2.37. The maximum absolute atomic E-state index is 12.5. The molecule has 0 heterocycles. The first kappa shape index (κ1) is 13.2. The molecule has 0 atom stereocenters. The highest BCUT2D eigenvalue weighted by atomic mass is 28.3. The summed E-state index contributed by atoms with van der Waals surface area (Å²) >= 11 is 0. The number of rotatable bonds is 2. The van der Waals surface area contributed by atoms with E-state index in [2.05, 4.69) is 33.9 Å². The molecule has 0 N–H and O–H groups in total. The molecule has 0 unspecified atom stereocenters. The van der Waals surface area contributed by atoms with Gasteiger partial charge in [-0.2, -0.15) is 0 Å². The Morgan fingerprint density at radius 2 is 1.75 bits per heavy atom. The van der Waals surface area contributed by atoms with E-state index < -0.39 is 8.07 Å². The molecule has 88 valence electrons. The van der Waals surface area contributed by atoms with E-state index in [0.29, 0.717) is 5.41 Å². The largest absolute Gasteiger partial charge is 0.300 e. The average molecular weight is 234 g/mol. The second kappa shape index (κ2) is 4.17. The van der Waals surface area contributed by atoms with Gasteiger partial charge in [0.05, 0.1) is 0 Å². The number of carbonyl (C=O) groups is 1. The SMILES string of the molecule is Cc1cccc(C(=O)[Si](C)(C)C(C)(C)C)c1. The van der Waals surface area contributed by atoms with E-state index >= 15 is 0 Å². The Morgan fingerprint density at radius 1 is 1.19 bits per heavy atom. The standard InChI is InChI=1S/C14H22OSi/c1-11-8-7-9-12(10-11)13(15)16(5,6)14(2,3)4/h7-10H,1-6H3. The average Bonchev–Trinajstić information content (AvgIpc) is 2.14. The molecule has 0 aliphatic rings. The third-order valence-electron chi connectivity index (χ3n) is 3.72. The fraction of sp³-hybridized carbons (Fsp3) is 0.500. The smallest absolute Gasteiger partial charge is 0.140 e. The van der Waals surface area contributed by atoms with Crippen molar-refractivity contribution in [3.05, 3.63) is 35.4 Å². The first-order chi connectivity index (χ1) is 7.16. The molecule has 0 aromatic heterocycles. The van der Waals surface area contributed by atoms with E-state index in [9.17, 15) is 4.79 Å². The predicted octanol–water partition coefficient (Wildman–Crippen LogP) is 4.23. The molecule has 1 rings (SSSR count). The maximum atomic E-state index is 12.5. The van der Waals surface area contributed by atoms with Gasteiger partial charge in [-0.1, -0.05) is 57.6 Å². The maximum Gasteiger partial charge on any atom is 0.140 e. The summed E-state index contributed by atoms with van der Waals surface area (Å²) in [4.78, 5) is 12.5. The van der Waals surface area contributed by atoms with Crippen molar-refractivity contribution in [1.29, 1.82) is 0 Å². The second-order valence-electron chi connectivity index (χ2n) is 6.07. The fourth-order valence-corrected chi connectivity index (χ4v) is 3.05. The summed E-state index contributed by atoms with van der Waals surface area (Å²) in [6.07, 6.45) is 0. The first-order valence-corrected chi connectivity index (χ1v) is 8.78. The molecule has 0 saturated heterocycles. The molecule has 0 radical (unpaired) electrons. The van der Waals surface area contributed by atoms with Crippen molar-refractivity contribution < 1.29 is 4.79 Å². The van der Waals surface area contributed by atoms with Crippen LogP contribution in [0.1, 0.15) is 36.7 Å². The van der Waals surface area contributed by atoms with Crippen LogP contribution in [0.5, 0.6) is 0 Å². The monoisotopic (exact) mass is 234 g/mol. The van der Waals surface area contributed by atoms with Crippen molar-refractivity contribution >= 4 is 13.5 Å². The molecular weight excluding hydrogens is 212 g/mol. The third-order valence-corrected chi connectivity index (χ3v) is 8.90. The first-order valence-electron chi connectivity index (χ1n) is 5.78. The molecule has 0 aliphatic carbocycles. The van der Waals surface area contributed by atoms with Crippen molar-refractivity contribution in [3.8, 4) is 0 Å². The lowest BCUT2D eigenvalue weighted by atomic mass is 10.2. The van der Waals surface area contributed by atoms with Crippen molar-refractivity contribution in [1.82, 2.24) is 0 Å². The Kier molecular flexibility index (Phi) is 3.43. The van der Waals surface area contributed by atoms with Crippen LogP contribution in [-0.2, 0) is 0 Å². The van der Waals surface area contributed by atoms with Gasteiger partial charge < -0.3 is 4.79 Å². The van der Waals surface area contributed by atoms with Gasteiger partial charge >= 0.3 is 0 Å². The highest BCUT2D eigenvalue weighted by Gasteiger charge is 2.42. The van der Waals surface area contributed by atoms with Gasteiger partial charge in [0.15, 0.2) is 0 Å². The van der Waals surface area contributed by atoms with Crippen LogP contribution in [0.3, 0.4) is 0 Å². The molecule has 0 saturated carbocycles. The van der Waals surface area contributed by atoms with Crippen LogP contribution in [0, 0.1) is 6.92 Å². The zero-order valence-electron chi connectivity index (χ0n) is 11.2. The lowest BCUT2D eigenvalue weighted by Gasteiger charge is -2.35. The van der Waals surface area contributed by atoms with Crippen LogP contribution in [0.25, 0.3) is 0 Å². The van der Waals surface area contributed by atoms with Gasteiger partial charge in [0.25, 0.3) is 0 Å². The van der Waals surface area contributed by atoms with Crippen LogP contribution in [0.2, 0.25) is 18.1 Å². The van der Waals surface area contributed by atoms with E-state index in [-0.39, 0.29) is 5.04 Å². The van der Waals surface area contributed by atoms with E-state index in [1.807, 2.05) is 31.2 Å². The molecule has 0 amide bonds. The van der Waals surface area contributed by atoms with Crippen LogP contribution in [0.15, 0.2) is 24.3 Å². The molecular formula is C14H22OSi. The third kappa shape index (κ3) is 2.43. The lowest BCUT2D eigenvalue weighted by molar-refractivity contribution is 0.106. The second-order valence-corrected chi connectivity index (χ2v) is 11.3. The molecule has 0 aliphatic heterocycles. The van der Waals surface area contributed by atoms with Crippen molar-refractivity contribution in [3.63, 3.8) is 0 Å². The van der Waals surface area contributed by atoms with Crippen LogP contribution >= 0.6 is 0 Å². The van der Waals surface area contributed by atoms with Gasteiger partial charge in [0.1, 0.15) is 13.5 Å². The molecule has 0 bridgehead atoms. The minimum absolute atomic E-state index is 0.105. The van der Waals surface area contributed by atoms with Crippen molar-refractivity contribution in [2.45, 2.75) is 45.8 Å². The van der Waals surface area contributed by atoms with Gasteiger partial charge in [0.2, 0.25) is 0 Å².